The van der Waals surface area contributed by atoms with Crippen molar-refractivity contribution in [3.05, 3.63) is 59.7 Å². The number of likely N-dealkylation sites (tertiary alicyclic amines) is 1. The highest BCUT2D eigenvalue weighted by Gasteiger charge is 2.33. The van der Waals surface area contributed by atoms with Crippen molar-refractivity contribution in [2.45, 2.75) is 31.9 Å². The summed E-state index contributed by atoms with van der Waals surface area (Å²) in [5, 5.41) is 8.98. The Morgan fingerprint density at radius 3 is 2.56 bits per heavy atom. The largest absolute Gasteiger partial charge is 0.477 e. The smallest absolute Gasteiger partial charge is 0.265 e. The Labute approximate surface area is 159 Å². The molecule has 1 amide bonds. The van der Waals surface area contributed by atoms with Gasteiger partial charge >= 0.3 is 0 Å². The summed E-state index contributed by atoms with van der Waals surface area (Å²) in [6.07, 6.45) is 2.87. The predicted octanol–water partition coefficient (Wildman–Crippen LogP) is 3.34. The van der Waals surface area contributed by atoms with E-state index in [9.17, 15) is 4.79 Å². The minimum atomic E-state index is -0.476. The molecule has 27 heavy (non-hydrogen) atoms. The number of ether oxygens (including phenoxy) is 1. The second-order valence-corrected chi connectivity index (χ2v) is 7.15. The monoisotopic (exact) mass is 361 g/mol. The van der Waals surface area contributed by atoms with Crippen molar-refractivity contribution in [3.8, 4) is 11.8 Å². The van der Waals surface area contributed by atoms with Crippen LogP contribution >= 0.6 is 0 Å². The predicted molar refractivity (Wildman–Crippen MR) is 103 cm³/mol. The Bertz CT molecular complexity index is 851. The molecule has 5 heteroatoms. The lowest BCUT2D eigenvalue weighted by Crippen LogP contribution is -2.51. The molecule has 2 aliphatic heterocycles. The number of carbonyl (C=O) groups is 1. The molecule has 1 saturated heterocycles. The van der Waals surface area contributed by atoms with Crippen molar-refractivity contribution in [2.75, 3.05) is 24.5 Å². The summed E-state index contributed by atoms with van der Waals surface area (Å²) in [7, 11) is 0. The van der Waals surface area contributed by atoms with Crippen LogP contribution in [0.25, 0.3) is 0 Å². The first kappa shape index (κ1) is 17.4. The van der Waals surface area contributed by atoms with Crippen molar-refractivity contribution in [2.24, 2.45) is 0 Å². The summed E-state index contributed by atoms with van der Waals surface area (Å²) in [5.41, 5.74) is 2.76. The van der Waals surface area contributed by atoms with E-state index in [1.807, 2.05) is 53.4 Å². The number of para-hydroxylation sites is 2. The van der Waals surface area contributed by atoms with Crippen LogP contribution in [0.5, 0.6) is 5.75 Å². The quantitative estimate of drug-likeness (QED) is 0.841. The fourth-order valence-electron chi connectivity index (χ4n) is 3.81. The zero-order valence-corrected chi connectivity index (χ0v) is 15.3. The molecule has 0 N–H and O–H groups in total. The van der Waals surface area contributed by atoms with Gasteiger partial charge in [-0.1, -0.05) is 24.3 Å². The van der Waals surface area contributed by atoms with Crippen LogP contribution < -0.4 is 9.64 Å². The van der Waals surface area contributed by atoms with Gasteiger partial charge in [-0.2, -0.15) is 5.26 Å². The van der Waals surface area contributed by atoms with E-state index in [2.05, 4.69) is 11.0 Å². The minimum Gasteiger partial charge on any atom is -0.477 e. The second-order valence-electron chi connectivity index (χ2n) is 7.15. The Kier molecular flexibility index (Phi) is 4.97. The highest BCUT2D eigenvalue weighted by molar-refractivity contribution is 5.83. The van der Waals surface area contributed by atoms with E-state index in [-0.39, 0.29) is 5.91 Å². The molecule has 1 fully saturated rings. The maximum atomic E-state index is 13.0. The van der Waals surface area contributed by atoms with Crippen LogP contribution in [-0.4, -0.2) is 36.5 Å². The summed E-state index contributed by atoms with van der Waals surface area (Å²) in [5.74, 6) is 0.849. The fraction of sp³-hybridized carbons (Fsp3) is 0.364. The summed E-state index contributed by atoms with van der Waals surface area (Å²) < 4.78 is 6.08. The van der Waals surface area contributed by atoms with Gasteiger partial charge in [-0.05, 0) is 49.1 Å². The van der Waals surface area contributed by atoms with E-state index < -0.39 is 6.10 Å². The first-order valence-corrected chi connectivity index (χ1v) is 9.53. The molecular weight excluding hydrogens is 338 g/mol. The van der Waals surface area contributed by atoms with Gasteiger partial charge in [0.2, 0.25) is 0 Å². The number of benzene rings is 2. The maximum absolute atomic E-state index is 13.0. The summed E-state index contributed by atoms with van der Waals surface area (Å²) in [6.45, 7) is 2.87. The zero-order chi connectivity index (χ0) is 18.6. The van der Waals surface area contributed by atoms with Crippen molar-refractivity contribution < 1.29 is 9.53 Å². The number of hydrogen-bond acceptors (Lipinski definition) is 4. The van der Waals surface area contributed by atoms with Gasteiger partial charge < -0.3 is 14.5 Å². The molecule has 0 aliphatic carbocycles. The number of piperidine rings is 1. The first-order valence-electron chi connectivity index (χ1n) is 9.53. The molecule has 1 atom stereocenters. The Morgan fingerprint density at radius 1 is 1.07 bits per heavy atom. The van der Waals surface area contributed by atoms with Crippen molar-refractivity contribution in [3.63, 3.8) is 0 Å². The minimum absolute atomic E-state index is 0.0917. The average Bonchev–Trinajstić information content (AvgIpc) is 2.74. The highest BCUT2D eigenvalue weighted by Crippen LogP contribution is 2.34. The van der Waals surface area contributed by atoms with E-state index in [4.69, 9.17) is 10.00 Å². The molecule has 1 unspecified atom stereocenters. The molecule has 2 heterocycles. The normalized spacial score (nSPS) is 19.0. The van der Waals surface area contributed by atoms with Crippen molar-refractivity contribution in [1.82, 2.24) is 4.90 Å². The molecule has 0 radical (unpaired) electrons. The molecule has 138 valence electrons. The van der Waals surface area contributed by atoms with Gasteiger partial charge in [0.05, 0.1) is 23.9 Å². The van der Waals surface area contributed by atoms with Crippen LogP contribution in [0.2, 0.25) is 0 Å². The van der Waals surface area contributed by atoms with Gasteiger partial charge in [0.25, 0.3) is 5.91 Å². The Morgan fingerprint density at radius 2 is 1.81 bits per heavy atom. The van der Waals surface area contributed by atoms with E-state index in [1.165, 1.54) is 6.42 Å². The SMILES string of the molecule is N#Cc1ccc(CN2CC(C(=O)N3CCCCC3)Oc3ccccc32)cc1. The molecule has 2 aromatic carbocycles. The van der Waals surface area contributed by atoms with E-state index >= 15 is 0 Å². The van der Waals surface area contributed by atoms with Gasteiger partial charge in [-0.15, -0.1) is 0 Å². The zero-order valence-electron chi connectivity index (χ0n) is 15.3. The fourth-order valence-corrected chi connectivity index (χ4v) is 3.81. The third-order valence-corrected chi connectivity index (χ3v) is 5.26. The number of nitrogens with zero attached hydrogens (tertiary/aromatic N) is 3. The number of rotatable bonds is 3. The molecule has 0 saturated carbocycles. The lowest BCUT2D eigenvalue weighted by atomic mass is 10.1. The van der Waals surface area contributed by atoms with E-state index in [1.54, 1.807) is 0 Å². The topological polar surface area (TPSA) is 56.6 Å². The molecule has 4 rings (SSSR count). The van der Waals surface area contributed by atoms with Crippen LogP contribution in [0, 0.1) is 11.3 Å². The molecule has 2 aromatic rings. The number of carbonyl (C=O) groups excluding carboxylic acids is 1. The first-order chi connectivity index (χ1) is 13.2. The van der Waals surface area contributed by atoms with Gasteiger partial charge in [0.1, 0.15) is 5.75 Å². The summed E-state index contributed by atoms with van der Waals surface area (Å²) >= 11 is 0. The maximum Gasteiger partial charge on any atom is 0.265 e. The number of amides is 1. The summed E-state index contributed by atoms with van der Waals surface area (Å²) in [6, 6.07) is 17.6. The van der Waals surface area contributed by atoms with Gasteiger partial charge in [0.15, 0.2) is 6.10 Å². The number of hydrogen-bond donors (Lipinski definition) is 0. The van der Waals surface area contributed by atoms with Crippen LogP contribution in [0.15, 0.2) is 48.5 Å². The number of nitriles is 1. The molecular formula is C22H23N3O2. The molecule has 2 aliphatic rings. The Balaban J connectivity index is 1.55. The third kappa shape index (κ3) is 3.75. The lowest BCUT2D eigenvalue weighted by molar-refractivity contribution is -0.139. The molecule has 0 aromatic heterocycles. The number of fused-ring (bicyclic) bond motifs is 1. The third-order valence-electron chi connectivity index (χ3n) is 5.26. The average molecular weight is 361 g/mol. The lowest BCUT2D eigenvalue weighted by Gasteiger charge is -2.38. The molecule has 5 nitrogen and oxygen atoms in total. The van der Waals surface area contributed by atoms with Gasteiger partial charge in [0, 0.05) is 19.6 Å². The van der Waals surface area contributed by atoms with Crippen LogP contribution in [0.1, 0.15) is 30.4 Å². The van der Waals surface area contributed by atoms with E-state index in [0.717, 1.165) is 42.9 Å². The molecule has 0 spiro atoms. The highest BCUT2D eigenvalue weighted by atomic mass is 16.5. The second kappa shape index (κ2) is 7.71. The number of anilines is 1. The van der Waals surface area contributed by atoms with Crippen molar-refractivity contribution >= 4 is 11.6 Å². The van der Waals surface area contributed by atoms with Crippen molar-refractivity contribution in [1.29, 1.82) is 5.26 Å². The Hall–Kier alpha value is -3.00. The van der Waals surface area contributed by atoms with Crippen LogP contribution in [0.4, 0.5) is 5.69 Å². The van der Waals surface area contributed by atoms with Crippen LogP contribution in [0.3, 0.4) is 0 Å². The van der Waals surface area contributed by atoms with Gasteiger partial charge in [-0.3, -0.25) is 4.79 Å². The van der Waals surface area contributed by atoms with Crippen LogP contribution in [-0.2, 0) is 11.3 Å². The summed E-state index contributed by atoms with van der Waals surface area (Å²) in [4.78, 5) is 17.1. The molecule has 0 bridgehead atoms. The van der Waals surface area contributed by atoms with E-state index in [0.29, 0.717) is 18.7 Å². The van der Waals surface area contributed by atoms with Gasteiger partial charge in [-0.25, -0.2) is 0 Å². The standard InChI is InChI=1S/C22H23N3O2/c23-14-17-8-10-18(11-9-17)15-25-16-21(22(26)24-12-4-1-5-13-24)27-20-7-3-2-6-19(20)25/h2-3,6-11,21H,1,4-5,12-13,15-16H2.